The number of hydrogen-bond acceptors (Lipinski definition) is 4. The van der Waals surface area contributed by atoms with Gasteiger partial charge in [0, 0.05) is 42.6 Å². The minimum Gasteiger partial charge on any atom is -0.489 e. The van der Waals surface area contributed by atoms with Crippen LogP contribution in [0.15, 0.2) is 61.2 Å². The maximum Gasteiger partial charge on any atom is 0.125 e. The molecule has 2 heterocycles. The second-order valence-electron chi connectivity index (χ2n) is 5.90. The first-order valence-electron chi connectivity index (χ1n) is 8.09. The molecular weight excluding hydrogens is 300 g/mol. The van der Waals surface area contributed by atoms with Crippen LogP contribution in [0.5, 0.6) is 5.75 Å². The second kappa shape index (κ2) is 7.64. The van der Waals surface area contributed by atoms with Crippen LogP contribution in [0.3, 0.4) is 0 Å². The van der Waals surface area contributed by atoms with Crippen LogP contribution in [0.4, 0.5) is 5.69 Å². The Morgan fingerprint density at radius 3 is 2.67 bits per heavy atom. The van der Waals surface area contributed by atoms with Gasteiger partial charge in [0.25, 0.3) is 0 Å². The topological polar surface area (TPSA) is 54.0 Å². The van der Waals surface area contributed by atoms with Crippen molar-refractivity contribution in [3.63, 3.8) is 0 Å². The summed E-state index contributed by atoms with van der Waals surface area (Å²) < 4.78 is 5.92. The molecule has 0 saturated heterocycles. The standard InChI is InChI=1S/C19H22N4O/c1-15(2)23(13-19-21-10-11-22-19)17-4-3-5-18(12-17)24-14-16-6-8-20-9-7-16/h3-12,15H,13-14H2,1-2H3,(H,21,22). The molecule has 0 spiro atoms. The molecule has 0 unspecified atom stereocenters. The molecule has 1 aromatic carbocycles. The molecule has 3 rings (SSSR count). The zero-order valence-electron chi connectivity index (χ0n) is 14.0. The first-order chi connectivity index (χ1) is 11.7. The summed E-state index contributed by atoms with van der Waals surface area (Å²) >= 11 is 0. The summed E-state index contributed by atoms with van der Waals surface area (Å²) in [6, 6.07) is 12.4. The van der Waals surface area contributed by atoms with E-state index in [4.69, 9.17) is 4.74 Å². The van der Waals surface area contributed by atoms with Crippen LogP contribution in [-0.4, -0.2) is 21.0 Å². The number of nitrogens with one attached hydrogen (secondary N) is 1. The molecule has 0 aliphatic heterocycles. The molecule has 0 radical (unpaired) electrons. The van der Waals surface area contributed by atoms with E-state index in [1.807, 2.05) is 30.5 Å². The number of nitrogens with zero attached hydrogens (tertiary/aromatic N) is 3. The molecule has 2 aromatic heterocycles. The molecule has 0 aliphatic rings. The van der Waals surface area contributed by atoms with Gasteiger partial charge in [0.2, 0.25) is 0 Å². The van der Waals surface area contributed by atoms with Crippen molar-refractivity contribution in [2.75, 3.05) is 4.90 Å². The van der Waals surface area contributed by atoms with Crippen LogP contribution in [0, 0.1) is 0 Å². The van der Waals surface area contributed by atoms with Crippen LogP contribution < -0.4 is 9.64 Å². The highest BCUT2D eigenvalue weighted by molar-refractivity contribution is 5.51. The van der Waals surface area contributed by atoms with Gasteiger partial charge in [0.1, 0.15) is 18.2 Å². The van der Waals surface area contributed by atoms with Gasteiger partial charge in [-0.1, -0.05) is 6.07 Å². The van der Waals surface area contributed by atoms with Gasteiger partial charge >= 0.3 is 0 Å². The normalized spacial score (nSPS) is 10.8. The zero-order valence-corrected chi connectivity index (χ0v) is 14.0. The van der Waals surface area contributed by atoms with Crippen LogP contribution in [0.2, 0.25) is 0 Å². The fraction of sp³-hybridized carbons (Fsp3) is 0.263. The Morgan fingerprint density at radius 2 is 1.96 bits per heavy atom. The molecule has 5 heteroatoms. The van der Waals surface area contributed by atoms with Crippen molar-refractivity contribution in [1.82, 2.24) is 15.0 Å². The van der Waals surface area contributed by atoms with Crippen molar-refractivity contribution in [3.05, 3.63) is 72.6 Å². The molecule has 124 valence electrons. The lowest BCUT2D eigenvalue weighted by molar-refractivity contribution is 0.306. The molecule has 24 heavy (non-hydrogen) atoms. The predicted molar refractivity (Wildman–Crippen MR) is 94.9 cm³/mol. The van der Waals surface area contributed by atoms with Crippen molar-refractivity contribution in [2.24, 2.45) is 0 Å². The van der Waals surface area contributed by atoms with Gasteiger partial charge in [-0.25, -0.2) is 4.98 Å². The molecule has 0 atom stereocenters. The smallest absolute Gasteiger partial charge is 0.125 e. The number of ether oxygens (including phenoxy) is 1. The number of anilines is 1. The highest BCUT2D eigenvalue weighted by Gasteiger charge is 2.13. The zero-order chi connectivity index (χ0) is 16.8. The number of rotatable bonds is 7. The number of hydrogen-bond donors (Lipinski definition) is 1. The van der Waals surface area contributed by atoms with E-state index >= 15 is 0 Å². The summed E-state index contributed by atoms with van der Waals surface area (Å²) in [6.45, 7) is 5.62. The molecule has 0 aliphatic carbocycles. The second-order valence-corrected chi connectivity index (χ2v) is 5.90. The van der Waals surface area contributed by atoms with Crippen molar-refractivity contribution in [2.45, 2.75) is 33.0 Å². The summed E-state index contributed by atoms with van der Waals surface area (Å²) in [5.41, 5.74) is 2.22. The monoisotopic (exact) mass is 322 g/mol. The third-order valence-corrected chi connectivity index (χ3v) is 3.80. The third-order valence-electron chi connectivity index (χ3n) is 3.80. The van der Waals surface area contributed by atoms with E-state index in [1.165, 1.54) is 0 Å². The third kappa shape index (κ3) is 4.13. The van der Waals surface area contributed by atoms with Gasteiger partial charge in [0.05, 0.1) is 6.54 Å². The number of aromatic nitrogens is 3. The number of benzene rings is 1. The quantitative estimate of drug-likeness (QED) is 0.719. The van der Waals surface area contributed by atoms with Crippen molar-refractivity contribution in [3.8, 4) is 5.75 Å². The molecule has 3 aromatic rings. The SMILES string of the molecule is CC(C)N(Cc1ncc[nH]1)c1cccc(OCc2ccncc2)c1. The number of aromatic amines is 1. The van der Waals surface area contributed by atoms with E-state index in [9.17, 15) is 0 Å². The molecule has 5 nitrogen and oxygen atoms in total. The van der Waals surface area contributed by atoms with Crippen LogP contribution in [0.1, 0.15) is 25.2 Å². The maximum absolute atomic E-state index is 5.92. The highest BCUT2D eigenvalue weighted by atomic mass is 16.5. The summed E-state index contributed by atoms with van der Waals surface area (Å²) in [6.07, 6.45) is 7.18. The fourth-order valence-corrected chi connectivity index (χ4v) is 2.52. The number of imidazole rings is 1. The molecular formula is C19H22N4O. The van der Waals surface area contributed by atoms with E-state index in [0.29, 0.717) is 12.6 Å². The Kier molecular flexibility index (Phi) is 5.11. The van der Waals surface area contributed by atoms with Gasteiger partial charge in [-0.3, -0.25) is 4.98 Å². The minimum atomic E-state index is 0.352. The minimum absolute atomic E-state index is 0.352. The Morgan fingerprint density at radius 1 is 1.12 bits per heavy atom. The summed E-state index contributed by atoms with van der Waals surface area (Å²) in [7, 11) is 0. The number of pyridine rings is 1. The molecule has 1 N–H and O–H groups in total. The Labute approximate surface area is 142 Å². The van der Waals surface area contributed by atoms with Crippen LogP contribution in [-0.2, 0) is 13.2 Å². The highest BCUT2D eigenvalue weighted by Crippen LogP contribution is 2.24. The van der Waals surface area contributed by atoms with Gasteiger partial charge < -0.3 is 14.6 Å². The average Bonchev–Trinajstić information content (AvgIpc) is 3.12. The largest absolute Gasteiger partial charge is 0.489 e. The summed E-state index contributed by atoms with van der Waals surface area (Å²) in [5, 5.41) is 0. The van der Waals surface area contributed by atoms with Gasteiger partial charge in [-0.15, -0.1) is 0 Å². The molecule has 0 amide bonds. The summed E-state index contributed by atoms with van der Waals surface area (Å²) in [5.74, 6) is 1.81. The van der Waals surface area contributed by atoms with Crippen molar-refractivity contribution < 1.29 is 4.74 Å². The number of H-pyrrole nitrogens is 1. The van der Waals surface area contributed by atoms with E-state index < -0.39 is 0 Å². The first kappa shape index (κ1) is 16.1. The van der Waals surface area contributed by atoms with Gasteiger partial charge in [-0.05, 0) is 43.7 Å². The lowest BCUT2D eigenvalue weighted by Crippen LogP contribution is -2.30. The Bertz CT molecular complexity index is 741. The van der Waals surface area contributed by atoms with Crippen molar-refractivity contribution >= 4 is 5.69 Å². The van der Waals surface area contributed by atoms with Crippen LogP contribution >= 0.6 is 0 Å². The lowest BCUT2D eigenvalue weighted by Gasteiger charge is -2.28. The first-order valence-corrected chi connectivity index (χ1v) is 8.09. The molecule has 0 saturated carbocycles. The fourth-order valence-electron chi connectivity index (χ4n) is 2.52. The van der Waals surface area contributed by atoms with E-state index in [2.05, 4.69) is 45.8 Å². The summed E-state index contributed by atoms with van der Waals surface area (Å²) in [4.78, 5) is 13.8. The van der Waals surface area contributed by atoms with Gasteiger partial charge in [0.15, 0.2) is 0 Å². The predicted octanol–water partition coefficient (Wildman–Crippen LogP) is 3.80. The molecule has 0 fully saturated rings. The average molecular weight is 322 g/mol. The molecule has 0 bridgehead atoms. The van der Waals surface area contributed by atoms with Crippen molar-refractivity contribution in [1.29, 1.82) is 0 Å². The van der Waals surface area contributed by atoms with E-state index in [0.717, 1.165) is 29.4 Å². The van der Waals surface area contributed by atoms with Crippen LogP contribution in [0.25, 0.3) is 0 Å². The van der Waals surface area contributed by atoms with E-state index in [-0.39, 0.29) is 0 Å². The van der Waals surface area contributed by atoms with E-state index in [1.54, 1.807) is 18.6 Å². The Hall–Kier alpha value is -2.82. The lowest BCUT2D eigenvalue weighted by atomic mass is 10.2. The van der Waals surface area contributed by atoms with Gasteiger partial charge in [-0.2, -0.15) is 0 Å². The maximum atomic E-state index is 5.92. The Balaban J connectivity index is 1.72.